The molecule has 114 valence electrons. The third-order valence-corrected chi connectivity index (χ3v) is 3.87. The summed E-state index contributed by atoms with van der Waals surface area (Å²) in [6.07, 6.45) is 4.83. The Morgan fingerprint density at radius 1 is 1.29 bits per heavy atom. The number of carbonyl (C=O) groups is 1. The predicted molar refractivity (Wildman–Crippen MR) is 77.5 cm³/mol. The van der Waals surface area contributed by atoms with Crippen LogP contribution in [0.5, 0.6) is 5.88 Å². The first-order valence-corrected chi connectivity index (χ1v) is 7.49. The van der Waals surface area contributed by atoms with E-state index in [1.165, 1.54) is 20.0 Å². The van der Waals surface area contributed by atoms with Crippen LogP contribution in [0.25, 0.3) is 0 Å². The zero-order valence-corrected chi connectivity index (χ0v) is 12.5. The molecule has 2 aliphatic rings. The maximum atomic E-state index is 11.2. The first kappa shape index (κ1) is 14.1. The van der Waals surface area contributed by atoms with Gasteiger partial charge in [0.05, 0.1) is 12.7 Å². The molecule has 6 heteroatoms. The highest BCUT2D eigenvalue weighted by Crippen LogP contribution is 2.40. The van der Waals surface area contributed by atoms with Gasteiger partial charge in [-0.1, -0.05) is 0 Å². The third-order valence-electron chi connectivity index (χ3n) is 3.87. The smallest absolute Gasteiger partial charge is 0.343 e. The fourth-order valence-corrected chi connectivity index (χ4v) is 2.10. The monoisotopic (exact) mass is 291 g/mol. The number of nitrogens with one attached hydrogen (secondary N) is 1. The molecule has 0 aromatic carbocycles. The molecule has 0 saturated heterocycles. The van der Waals surface area contributed by atoms with Crippen molar-refractivity contribution in [1.82, 2.24) is 9.97 Å². The van der Waals surface area contributed by atoms with Gasteiger partial charge in [-0.3, -0.25) is 0 Å². The number of nitrogens with zero attached hydrogens (tertiary/aromatic N) is 2. The highest BCUT2D eigenvalue weighted by atomic mass is 16.6. The van der Waals surface area contributed by atoms with Crippen LogP contribution in [0.4, 0.5) is 5.82 Å². The maximum Gasteiger partial charge on any atom is 0.343 e. The van der Waals surface area contributed by atoms with Crippen molar-refractivity contribution in [3.8, 4) is 5.88 Å². The van der Waals surface area contributed by atoms with E-state index >= 15 is 0 Å². The van der Waals surface area contributed by atoms with E-state index in [0.29, 0.717) is 11.8 Å². The number of hydrogen-bond acceptors (Lipinski definition) is 6. The molecule has 0 radical (unpaired) electrons. The zero-order valence-electron chi connectivity index (χ0n) is 12.5. The quantitative estimate of drug-likeness (QED) is 0.775. The molecule has 1 heterocycles. The summed E-state index contributed by atoms with van der Waals surface area (Å²) in [5, 5.41) is 3.39. The average Bonchev–Trinajstić information content (AvgIpc) is 3.37. The van der Waals surface area contributed by atoms with Crippen molar-refractivity contribution in [3.05, 3.63) is 11.4 Å². The Hall–Kier alpha value is -1.85. The van der Waals surface area contributed by atoms with Crippen LogP contribution in [0.15, 0.2) is 0 Å². The fourth-order valence-electron chi connectivity index (χ4n) is 2.10. The van der Waals surface area contributed by atoms with E-state index in [9.17, 15) is 4.79 Å². The van der Waals surface area contributed by atoms with Crippen molar-refractivity contribution in [2.45, 2.75) is 38.5 Å². The number of methoxy groups -OCH3 is 1. The fraction of sp³-hybridized carbons (Fsp3) is 0.667. The molecule has 1 aromatic heterocycles. The molecular weight excluding hydrogens is 270 g/mol. The van der Waals surface area contributed by atoms with E-state index in [1.807, 2.05) is 6.92 Å². The standard InChI is InChI=1S/C15H21N3O3/c1-9-13(16-7-10-3-4-10)17-14(11-5-6-11)18-15(9)21-8-12(19)20-2/h10-11H,3-8H2,1-2H3,(H,16,17,18). The Labute approximate surface area is 124 Å². The zero-order chi connectivity index (χ0) is 14.8. The molecule has 2 fully saturated rings. The van der Waals surface area contributed by atoms with Crippen molar-refractivity contribution in [3.63, 3.8) is 0 Å². The van der Waals surface area contributed by atoms with Crippen molar-refractivity contribution >= 4 is 11.8 Å². The number of esters is 1. The van der Waals surface area contributed by atoms with E-state index in [1.54, 1.807) is 0 Å². The lowest BCUT2D eigenvalue weighted by atomic mass is 10.3. The highest BCUT2D eigenvalue weighted by molar-refractivity contribution is 5.71. The molecule has 0 unspecified atom stereocenters. The van der Waals surface area contributed by atoms with Crippen molar-refractivity contribution < 1.29 is 14.3 Å². The molecule has 0 bridgehead atoms. The minimum atomic E-state index is -0.409. The minimum Gasteiger partial charge on any atom is -0.466 e. The van der Waals surface area contributed by atoms with Gasteiger partial charge in [-0.25, -0.2) is 9.78 Å². The summed E-state index contributed by atoms with van der Waals surface area (Å²) >= 11 is 0. The van der Waals surface area contributed by atoms with Gasteiger partial charge in [0.2, 0.25) is 5.88 Å². The molecule has 0 spiro atoms. The van der Waals surface area contributed by atoms with Crippen LogP contribution in [0, 0.1) is 12.8 Å². The van der Waals surface area contributed by atoms with Crippen molar-refractivity contribution in [2.24, 2.45) is 5.92 Å². The van der Waals surface area contributed by atoms with Gasteiger partial charge in [0.15, 0.2) is 6.61 Å². The lowest BCUT2D eigenvalue weighted by Crippen LogP contribution is -2.16. The molecule has 0 amide bonds. The SMILES string of the molecule is COC(=O)COc1nc(C2CC2)nc(NCC2CC2)c1C. The van der Waals surface area contributed by atoms with Crippen molar-refractivity contribution in [1.29, 1.82) is 0 Å². The molecule has 2 saturated carbocycles. The van der Waals surface area contributed by atoms with Gasteiger partial charge in [0.25, 0.3) is 0 Å². The Kier molecular flexibility index (Phi) is 3.94. The lowest BCUT2D eigenvalue weighted by Gasteiger charge is -2.14. The molecule has 3 rings (SSSR count). The van der Waals surface area contributed by atoms with Gasteiger partial charge in [0.1, 0.15) is 11.6 Å². The molecule has 2 aliphatic carbocycles. The predicted octanol–water partition coefficient (Wildman–Crippen LogP) is 2.04. The molecular formula is C15H21N3O3. The first-order chi connectivity index (χ1) is 10.2. The number of carbonyl (C=O) groups excluding carboxylic acids is 1. The Morgan fingerprint density at radius 2 is 2.05 bits per heavy atom. The molecule has 0 aliphatic heterocycles. The van der Waals surface area contributed by atoms with Gasteiger partial charge in [0, 0.05) is 12.5 Å². The second-order valence-corrected chi connectivity index (χ2v) is 5.82. The lowest BCUT2D eigenvalue weighted by molar-refractivity contribution is -0.143. The molecule has 1 N–H and O–H groups in total. The summed E-state index contributed by atoms with van der Waals surface area (Å²) in [6.45, 7) is 2.73. The van der Waals surface area contributed by atoms with E-state index in [2.05, 4.69) is 20.0 Å². The maximum absolute atomic E-state index is 11.2. The summed E-state index contributed by atoms with van der Waals surface area (Å²) in [4.78, 5) is 20.3. The Balaban J connectivity index is 1.76. The summed E-state index contributed by atoms with van der Waals surface area (Å²) < 4.78 is 10.1. The summed E-state index contributed by atoms with van der Waals surface area (Å²) in [7, 11) is 1.34. The minimum absolute atomic E-state index is 0.124. The number of aromatic nitrogens is 2. The van der Waals surface area contributed by atoms with E-state index < -0.39 is 5.97 Å². The molecule has 21 heavy (non-hydrogen) atoms. The number of anilines is 1. The summed E-state index contributed by atoms with van der Waals surface area (Å²) in [5.41, 5.74) is 0.851. The third kappa shape index (κ3) is 3.62. The molecule has 0 atom stereocenters. The van der Waals surface area contributed by atoms with E-state index in [-0.39, 0.29) is 6.61 Å². The van der Waals surface area contributed by atoms with Crippen LogP contribution in [0.1, 0.15) is 43.0 Å². The van der Waals surface area contributed by atoms with Crippen molar-refractivity contribution in [2.75, 3.05) is 25.6 Å². The summed E-state index contributed by atoms with van der Waals surface area (Å²) in [6, 6.07) is 0. The number of rotatable bonds is 7. The Bertz CT molecular complexity index is 539. The molecule has 1 aromatic rings. The Morgan fingerprint density at radius 3 is 2.67 bits per heavy atom. The summed E-state index contributed by atoms with van der Waals surface area (Å²) in [5.74, 6) is 2.93. The second-order valence-electron chi connectivity index (χ2n) is 5.82. The van der Waals surface area contributed by atoms with Gasteiger partial charge in [-0.05, 0) is 38.5 Å². The van der Waals surface area contributed by atoms with Crippen LogP contribution in [-0.4, -0.2) is 36.2 Å². The normalized spacial score (nSPS) is 17.4. The number of hydrogen-bond donors (Lipinski definition) is 1. The van der Waals surface area contributed by atoms with E-state index in [0.717, 1.165) is 42.5 Å². The van der Waals surface area contributed by atoms with Crippen LogP contribution in [0.2, 0.25) is 0 Å². The van der Waals surface area contributed by atoms with Crippen LogP contribution < -0.4 is 10.1 Å². The highest BCUT2D eigenvalue weighted by Gasteiger charge is 2.29. The average molecular weight is 291 g/mol. The van der Waals surface area contributed by atoms with Gasteiger partial charge in [-0.2, -0.15) is 4.98 Å². The molecule has 6 nitrogen and oxygen atoms in total. The van der Waals surface area contributed by atoms with Crippen LogP contribution in [-0.2, 0) is 9.53 Å². The number of ether oxygens (including phenoxy) is 2. The van der Waals surface area contributed by atoms with Crippen LogP contribution >= 0.6 is 0 Å². The van der Waals surface area contributed by atoms with Gasteiger partial charge >= 0.3 is 5.97 Å². The topological polar surface area (TPSA) is 73.3 Å². The van der Waals surface area contributed by atoms with Crippen LogP contribution in [0.3, 0.4) is 0 Å². The largest absolute Gasteiger partial charge is 0.466 e. The van der Waals surface area contributed by atoms with E-state index in [4.69, 9.17) is 4.74 Å². The van der Waals surface area contributed by atoms with Gasteiger partial charge in [-0.15, -0.1) is 0 Å². The first-order valence-electron chi connectivity index (χ1n) is 7.49. The van der Waals surface area contributed by atoms with Gasteiger partial charge < -0.3 is 14.8 Å². The second kappa shape index (κ2) is 5.87.